The maximum absolute atomic E-state index is 13.2. The molecule has 1 N–H and O–H groups in total. The van der Waals surface area contributed by atoms with E-state index in [-0.39, 0.29) is 0 Å². The van der Waals surface area contributed by atoms with Crippen LogP contribution in [-0.4, -0.2) is 5.11 Å². The summed E-state index contributed by atoms with van der Waals surface area (Å²) in [6, 6.07) is 9.76. The number of rotatable bonds is 3. The van der Waals surface area contributed by atoms with Crippen LogP contribution in [0, 0.1) is 12.7 Å². The molecular formula is C15H14BrFO2. The SMILES string of the molecule is Cc1cc(Br)ccc1Oc1ccc(F)cc1C(C)O. The van der Waals surface area contributed by atoms with E-state index in [2.05, 4.69) is 15.9 Å². The zero-order chi connectivity index (χ0) is 14.0. The lowest BCUT2D eigenvalue weighted by atomic mass is 10.1. The fourth-order valence-electron chi connectivity index (χ4n) is 1.78. The Kier molecular flexibility index (Phi) is 4.22. The highest BCUT2D eigenvalue weighted by Gasteiger charge is 2.12. The van der Waals surface area contributed by atoms with E-state index in [9.17, 15) is 9.50 Å². The summed E-state index contributed by atoms with van der Waals surface area (Å²) < 4.78 is 19.9. The Balaban J connectivity index is 2.38. The van der Waals surface area contributed by atoms with Crippen molar-refractivity contribution in [2.45, 2.75) is 20.0 Å². The molecule has 4 heteroatoms. The second-order valence-corrected chi connectivity index (χ2v) is 5.29. The highest BCUT2D eigenvalue weighted by molar-refractivity contribution is 9.10. The summed E-state index contributed by atoms with van der Waals surface area (Å²) in [6.45, 7) is 3.50. The van der Waals surface area contributed by atoms with Crippen LogP contribution in [0.15, 0.2) is 40.9 Å². The van der Waals surface area contributed by atoms with Crippen molar-refractivity contribution in [3.05, 3.63) is 57.8 Å². The first-order valence-corrected chi connectivity index (χ1v) is 6.68. The molecule has 100 valence electrons. The molecule has 0 aromatic heterocycles. The van der Waals surface area contributed by atoms with Crippen LogP contribution >= 0.6 is 15.9 Å². The highest BCUT2D eigenvalue weighted by Crippen LogP contribution is 2.32. The molecule has 0 radical (unpaired) electrons. The Labute approximate surface area is 120 Å². The summed E-state index contributed by atoms with van der Waals surface area (Å²) in [5, 5.41) is 9.67. The van der Waals surface area contributed by atoms with Crippen LogP contribution in [-0.2, 0) is 0 Å². The minimum absolute atomic E-state index is 0.393. The molecule has 19 heavy (non-hydrogen) atoms. The largest absolute Gasteiger partial charge is 0.457 e. The lowest BCUT2D eigenvalue weighted by molar-refractivity contribution is 0.195. The van der Waals surface area contributed by atoms with Gasteiger partial charge in [-0.1, -0.05) is 15.9 Å². The first-order valence-electron chi connectivity index (χ1n) is 5.89. The number of hydrogen-bond donors (Lipinski definition) is 1. The van der Waals surface area contributed by atoms with Crippen molar-refractivity contribution < 1.29 is 14.2 Å². The third-order valence-corrected chi connectivity index (χ3v) is 3.27. The fourth-order valence-corrected chi connectivity index (χ4v) is 2.26. The molecule has 2 aromatic rings. The molecule has 0 amide bonds. The number of aryl methyl sites for hydroxylation is 1. The van der Waals surface area contributed by atoms with Crippen molar-refractivity contribution in [1.29, 1.82) is 0 Å². The van der Waals surface area contributed by atoms with Crippen LogP contribution in [0.4, 0.5) is 4.39 Å². The monoisotopic (exact) mass is 324 g/mol. The third-order valence-electron chi connectivity index (χ3n) is 2.78. The molecule has 0 aliphatic rings. The maximum Gasteiger partial charge on any atom is 0.133 e. The molecule has 1 unspecified atom stereocenters. The number of aliphatic hydroxyl groups is 1. The maximum atomic E-state index is 13.2. The molecule has 2 rings (SSSR count). The second kappa shape index (κ2) is 5.72. The summed E-state index contributed by atoms with van der Waals surface area (Å²) in [6.07, 6.45) is -0.790. The van der Waals surface area contributed by atoms with Gasteiger partial charge in [-0.15, -0.1) is 0 Å². The highest BCUT2D eigenvalue weighted by atomic mass is 79.9. The van der Waals surface area contributed by atoms with Crippen molar-refractivity contribution in [1.82, 2.24) is 0 Å². The van der Waals surface area contributed by atoms with Crippen LogP contribution in [0.5, 0.6) is 11.5 Å². The lowest BCUT2D eigenvalue weighted by Crippen LogP contribution is -1.98. The van der Waals surface area contributed by atoms with Gasteiger partial charge in [0.25, 0.3) is 0 Å². The molecule has 0 aliphatic carbocycles. The van der Waals surface area contributed by atoms with Crippen LogP contribution in [0.3, 0.4) is 0 Å². The Bertz CT molecular complexity index is 597. The quantitative estimate of drug-likeness (QED) is 0.883. The number of halogens is 2. The molecule has 0 heterocycles. The van der Waals surface area contributed by atoms with Gasteiger partial charge in [-0.2, -0.15) is 0 Å². The van der Waals surface area contributed by atoms with Gasteiger partial charge in [-0.25, -0.2) is 4.39 Å². The van der Waals surface area contributed by atoms with Gasteiger partial charge < -0.3 is 9.84 Å². The standard InChI is InChI=1S/C15H14BrFO2/c1-9-7-11(16)3-5-14(9)19-15-6-4-12(17)8-13(15)10(2)18/h3-8,10,18H,1-2H3. The molecule has 1 atom stereocenters. The van der Waals surface area contributed by atoms with Gasteiger partial charge >= 0.3 is 0 Å². The minimum atomic E-state index is -0.790. The van der Waals surface area contributed by atoms with Gasteiger partial charge in [-0.05, 0) is 55.8 Å². The van der Waals surface area contributed by atoms with Gasteiger partial charge in [0.15, 0.2) is 0 Å². The number of ether oxygens (including phenoxy) is 1. The summed E-state index contributed by atoms with van der Waals surface area (Å²) in [4.78, 5) is 0. The van der Waals surface area contributed by atoms with E-state index in [0.29, 0.717) is 17.1 Å². The molecule has 0 fully saturated rings. The van der Waals surface area contributed by atoms with Crippen molar-refractivity contribution >= 4 is 15.9 Å². The normalized spacial score (nSPS) is 12.3. The van der Waals surface area contributed by atoms with Crippen molar-refractivity contribution in [2.75, 3.05) is 0 Å². The Morgan fingerprint density at radius 1 is 1.16 bits per heavy atom. The summed E-state index contributed by atoms with van der Waals surface area (Å²) in [5.41, 5.74) is 1.39. The minimum Gasteiger partial charge on any atom is -0.457 e. The Hall–Kier alpha value is -1.39. The average Bonchev–Trinajstić information content (AvgIpc) is 2.34. The predicted octanol–water partition coefficient (Wildman–Crippen LogP) is 4.74. The fraction of sp³-hybridized carbons (Fsp3) is 0.200. The molecule has 0 aliphatic heterocycles. The molecule has 2 nitrogen and oxygen atoms in total. The third kappa shape index (κ3) is 3.33. The molecule has 0 saturated heterocycles. The van der Waals surface area contributed by atoms with Gasteiger partial charge in [-0.3, -0.25) is 0 Å². The molecule has 0 bridgehead atoms. The molecule has 0 spiro atoms. The number of hydrogen-bond acceptors (Lipinski definition) is 2. The van der Waals surface area contributed by atoms with Crippen molar-refractivity contribution in [3.63, 3.8) is 0 Å². The lowest BCUT2D eigenvalue weighted by Gasteiger charge is -2.14. The van der Waals surface area contributed by atoms with Crippen LogP contribution < -0.4 is 4.74 Å². The summed E-state index contributed by atoms with van der Waals surface area (Å²) in [5.74, 6) is 0.745. The smallest absolute Gasteiger partial charge is 0.133 e. The molecule has 2 aromatic carbocycles. The van der Waals surface area contributed by atoms with E-state index >= 15 is 0 Å². The van der Waals surface area contributed by atoms with Crippen LogP contribution in [0.1, 0.15) is 24.2 Å². The van der Waals surface area contributed by atoms with E-state index in [4.69, 9.17) is 4.74 Å². The van der Waals surface area contributed by atoms with Gasteiger partial charge in [0, 0.05) is 10.0 Å². The van der Waals surface area contributed by atoms with E-state index in [1.165, 1.54) is 18.2 Å². The second-order valence-electron chi connectivity index (χ2n) is 4.37. The van der Waals surface area contributed by atoms with Crippen LogP contribution in [0.25, 0.3) is 0 Å². The first kappa shape index (κ1) is 14.0. The number of aliphatic hydroxyl groups excluding tert-OH is 1. The van der Waals surface area contributed by atoms with E-state index in [0.717, 1.165) is 10.0 Å². The van der Waals surface area contributed by atoms with Gasteiger partial charge in [0.2, 0.25) is 0 Å². The summed E-state index contributed by atoms with van der Waals surface area (Å²) >= 11 is 3.38. The van der Waals surface area contributed by atoms with Gasteiger partial charge in [0.1, 0.15) is 17.3 Å². The van der Waals surface area contributed by atoms with Crippen LogP contribution in [0.2, 0.25) is 0 Å². The van der Waals surface area contributed by atoms with E-state index in [1.807, 2.05) is 25.1 Å². The predicted molar refractivity (Wildman–Crippen MR) is 76.0 cm³/mol. The summed E-state index contributed by atoms with van der Waals surface area (Å²) in [7, 11) is 0. The number of benzene rings is 2. The Morgan fingerprint density at radius 2 is 1.84 bits per heavy atom. The van der Waals surface area contributed by atoms with E-state index in [1.54, 1.807) is 6.92 Å². The van der Waals surface area contributed by atoms with Crippen molar-refractivity contribution in [2.24, 2.45) is 0 Å². The van der Waals surface area contributed by atoms with Crippen molar-refractivity contribution in [3.8, 4) is 11.5 Å². The molecular weight excluding hydrogens is 311 g/mol. The zero-order valence-electron chi connectivity index (χ0n) is 10.7. The average molecular weight is 325 g/mol. The topological polar surface area (TPSA) is 29.5 Å². The molecule has 0 saturated carbocycles. The van der Waals surface area contributed by atoms with E-state index < -0.39 is 11.9 Å². The van der Waals surface area contributed by atoms with Gasteiger partial charge in [0.05, 0.1) is 6.10 Å². The Morgan fingerprint density at radius 3 is 2.47 bits per heavy atom. The first-order chi connectivity index (χ1) is 8.97. The zero-order valence-corrected chi connectivity index (χ0v) is 12.2.